The van der Waals surface area contributed by atoms with Gasteiger partial charge < -0.3 is 9.47 Å². The van der Waals surface area contributed by atoms with Gasteiger partial charge in [-0.15, -0.1) is 0 Å². The Kier molecular flexibility index (Phi) is 8.42. The highest BCUT2D eigenvalue weighted by Crippen LogP contribution is 2.24. The minimum Gasteiger partial charge on any atom is -0.464 e. The molecular weight excluding hydrogens is 368 g/mol. The molecule has 0 unspecified atom stereocenters. The lowest BCUT2D eigenvalue weighted by Crippen LogP contribution is -2.29. The first-order valence-corrected chi connectivity index (χ1v) is 10.6. The van der Waals surface area contributed by atoms with Crippen LogP contribution in [-0.4, -0.2) is 29.9 Å². The quantitative estimate of drug-likeness (QED) is 0.516. The summed E-state index contributed by atoms with van der Waals surface area (Å²) in [6.45, 7) is 8.34. The number of ketones is 1. The van der Waals surface area contributed by atoms with Crippen molar-refractivity contribution in [3.63, 3.8) is 0 Å². The van der Waals surface area contributed by atoms with Crippen LogP contribution in [0.25, 0.3) is 0 Å². The zero-order valence-electron chi connectivity index (χ0n) is 18.2. The SMILES string of the molecule is Cc1cc2ccc1C(=O)CCC(C)(C)OC(=O)CCC[C@H](C)CC[C@H](OC=O)C2. The summed E-state index contributed by atoms with van der Waals surface area (Å²) in [5, 5.41) is 0. The Hall–Kier alpha value is -2.17. The zero-order valence-corrected chi connectivity index (χ0v) is 18.2. The molecule has 2 heterocycles. The van der Waals surface area contributed by atoms with Crippen LogP contribution in [0.2, 0.25) is 0 Å². The molecule has 0 amide bonds. The van der Waals surface area contributed by atoms with Gasteiger partial charge in [0.2, 0.25) is 0 Å². The van der Waals surface area contributed by atoms with Gasteiger partial charge in [-0.2, -0.15) is 0 Å². The zero-order chi connectivity index (χ0) is 21.4. The molecule has 0 spiro atoms. The minimum atomic E-state index is -0.656. The van der Waals surface area contributed by atoms with Crippen molar-refractivity contribution in [2.75, 3.05) is 0 Å². The average molecular weight is 403 g/mol. The Morgan fingerprint density at radius 2 is 1.90 bits per heavy atom. The van der Waals surface area contributed by atoms with Crippen molar-refractivity contribution in [1.29, 1.82) is 0 Å². The van der Waals surface area contributed by atoms with Gasteiger partial charge in [0.1, 0.15) is 11.7 Å². The summed E-state index contributed by atoms with van der Waals surface area (Å²) < 4.78 is 10.9. The Labute approximate surface area is 174 Å². The molecule has 0 saturated heterocycles. The molecule has 2 atom stereocenters. The van der Waals surface area contributed by atoms with E-state index < -0.39 is 5.60 Å². The Bertz CT molecular complexity index is 722. The highest BCUT2D eigenvalue weighted by molar-refractivity contribution is 5.97. The maximum atomic E-state index is 12.7. The second-order valence-electron chi connectivity index (χ2n) is 8.94. The second kappa shape index (κ2) is 10.6. The van der Waals surface area contributed by atoms with E-state index in [1.165, 1.54) is 0 Å². The number of rotatable bonds is 2. The third-order valence-electron chi connectivity index (χ3n) is 5.71. The number of carbonyl (C=O) groups excluding carboxylic acids is 3. The standard InChI is InChI=1S/C24H34O5/c1-17-6-5-7-23(27)29-24(3,4)13-12-22(26)21-11-9-19(14-18(21)2)15-20(10-8-17)28-16-25/h9,11,14,16-17,20H,5-8,10,12-13,15H2,1-4H3/t17-,20-/m0/s1. The van der Waals surface area contributed by atoms with Crippen LogP contribution < -0.4 is 0 Å². The van der Waals surface area contributed by atoms with Crippen molar-refractivity contribution in [1.82, 2.24) is 0 Å². The topological polar surface area (TPSA) is 69.7 Å². The molecule has 0 saturated carbocycles. The number of hydrogen-bond acceptors (Lipinski definition) is 5. The van der Waals surface area contributed by atoms with Crippen LogP contribution in [0.3, 0.4) is 0 Å². The van der Waals surface area contributed by atoms with E-state index in [0.29, 0.717) is 43.6 Å². The molecule has 29 heavy (non-hydrogen) atoms. The van der Waals surface area contributed by atoms with Gasteiger partial charge >= 0.3 is 5.97 Å². The Morgan fingerprint density at radius 1 is 1.14 bits per heavy atom. The molecule has 2 aliphatic heterocycles. The van der Waals surface area contributed by atoms with Crippen molar-refractivity contribution in [2.45, 2.75) is 90.8 Å². The fraction of sp³-hybridized carbons (Fsp3) is 0.625. The van der Waals surface area contributed by atoms with Gasteiger partial charge in [-0.05, 0) is 63.5 Å². The molecule has 1 aromatic carbocycles. The number of benzene rings is 1. The first-order chi connectivity index (χ1) is 13.7. The van der Waals surface area contributed by atoms with Crippen molar-refractivity contribution in [3.8, 4) is 0 Å². The lowest BCUT2D eigenvalue weighted by Gasteiger charge is -2.25. The highest BCUT2D eigenvalue weighted by atomic mass is 16.6. The maximum Gasteiger partial charge on any atom is 0.306 e. The largest absolute Gasteiger partial charge is 0.464 e. The summed E-state index contributed by atoms with van der Waals surface area (Å²) in [7, 11) is 0. The molecule has 2 bridgehead atoms. The van der Waals surface area contributed by atoms with Crippen LogP contribution in [0.1, 0.15) is 87.2 Å². The molecule has 2 aliphatic rings. The Balaban J connectivity index is 2.22. The molecule has 1 aromatic rings. The smallest absolute Gasteiger partial charge is 0.306 e. The first-order valence-electron chi connectivity index (χ1n) is 10.6. The predicted octanol–water partition coefficient (Wildman–Crippen LogP) is 4.96. The molecule has 0 fully saturated rings. The van der Waals surface area contributed by atoms with Crippen molar-refractivity contribution < 1.29 is 23.9 Å². The molecule has 160 valence electrons. The van der Waals surface area contributed by atoms with Crippen LogP contribution in [0.4, 0.5) is 0 Å². The van der Waals surface area contributed by atoms with E-state index in [2.05, 4.69) is 6.92 Å². The summed E-state index contributed by atoms with van der Waals surface area (Å²) >= 11 is 0. The summed E-state index contributed by atoms with van der Waals surface area (Å²) in [5.74, 6) is 0.279. The van der Waals surface area contributed by atoms with Crippen LogP contribution >= 0.6 is 0 Å². The van der Waals surface area contributed by atoms with Crippen molar-refractivity contribution in [3.05, 3.63) is 34.9 Å². The van der Waals surface area contributed by atoms with Gasteiger partial charge in [-0.25, -0.2) is 0 Å². The van der Waals surface area contributed by atoms with Gasteiger partial charge in [-0.1, -0.05) is 31.5 Å². The van der Waals surface area contributed by atoms with Crippen LogP contribution in [-0.2, 0) is 25.5 Å². The predicted molar refractivity (Wildman–Crippen MR) is 112 cm³/mol. The van der Waals surface area contributed by atoms with Crippen LogP contribution in [0.15, 0.2) is 18.2 Å². The number of hydrogen-bond donors (Lipinski definition) is 0. The van der Waals surface area contributed by atoms with Crippen LogP contribution in [0.5, 0.6) is 0 Å². The molecule has 0 radical (unpaired) electrons. The highest BCUT2D eigenvalue weighted by Gasteiger charge is 2.25. The number of aryl methyl sites for hydroxylation is 1. The number of carbonyl (C=O) groups is 3. The van der Waals surface area contributed by atoms with E-state index in [1.54, 1.807) is 0 Å². The van der Waals surface area contributed by atoms with E-state index >= 15 is 0 Å². The lowest BCUT2D eigenvalue weighted by molar-refractivity contribution is -0.157. The third-order valence-corrected chi connectivity index (χ3v) is 5.71. The summed E-state index contributed by atoms with van der Waals surface area (Å²) in [6.07, 6.45) is 5.06. The fourth-order valence-corrected chi connectivity index (χ4v) is 3.89. The number of fused-ring (bicyclic) bond motifs is 15. The van der Waals surface area contributed by atoms with E-state index in [-0.39, 0.29) is 17.9 Å². The van der Waals surface area contributed by atoms with E-state index in [9.17, 15) is 14.4 Å². The molecule has 5 nitrogen and oxygen atoms in total. The summed E-state index contributed by atoms with van der Waals surface area (Å²) in [5.41, 5.74) is 2.02. The maximum absolute atomic E-state index is 12.7. The molecule has 0 N–H and O–H groups in total. The molecule has 0 aromatic heterocycles. The van der Waals surface area contributed by atoms with E-state index in [0.717, 1.165) is 36.8 Å². The second-order valence-corrected chi connectivity index (χ2v) is 8.94. The van der Waals surface area contributed by atoms with Crippen molar-refractivity contribution in [2.24, 2.45) is 5.92 Å². The summed E-state index contributed by atoms with van der Waals surface area (Å²) in [4.78, 5) is 35.8. The van der Waals surface area contributed by atoms with Gasteiger partial charge in [0.25, 0.3) is 6.47 Å². The van der Waals surface area contributed by atoms with E-state index in [1.807, 2.05) is 39.0 Å². The third kappa shape index (κ3) is 7.64. The van der Waals surface area contributed by atoms with E-state index in [4.69, 9.17) is 9.47 Å². The Morgan fingerprint density at radius 3 is 2.59 bits per heavy atom. The molecule has 5 heteroatoms. The van der Waals surface area contributed by atoms with Gasteiger partial charge in [0.05, 0.1) is 0 Å². The fourth-order valence-electron chi connectivity index (χ4n) is 3.89. The average Bonchev–Trinajstić information content (AvgIpc) is 2.63. The van der Waals surface area contributed by atoms with Crippen LogP contribution in [0, 0.1) is 12.8 Å². The summed E-state index contributed by atoms with van der Waals surface area (Å²) in [6, 6.07) is 5.81. The monoisotopic (exact) mass is 402 g/mol. The first kappa shape index (κ1) is 23.1. The number of ether oxygens (including phenoxy) is 2. The van der Waals surface area contributed by atoms with Gasteiger partial charge in [-0.3, -0.25) is 14.4 Å². The molecular formula is C24H34O5. The number of Topliss-reactive ketones (excluding diaryl/α,β-unsaturated/α-hetero) is 1. The van der Waals surface area contributed by atoms with Gasteiger partial charge in [0.15, 0.2) is 5.78 Å². The van der Waals surface area contributed by atoms with Gasteiger partial charge in [0, 0.05) is 24.8 Å². The van der Waals surface area contributed by atoms with Crippen molar-refractivity contribution >= 4 is 18.2 Å². The molecule has 0 aliphatic carbocycles. The molecule has 3 rings (SSSR count). The normalized spacial score (nSPS) is 24.3. The number of esters is 1. The lowest BCUT2D eigenvalue weighted by atomic mass is 9.92. The minimum absolute atomic E-state index is 0.0498.